The molecule has 0 spiro atoms. The second kappa shape index (κ2) is 8.31. The molecule has 0 aromatic rings. The van der Waals surface area contributed by atoms with Crippen molar-refractivity contribution >= 4 is 17.8 Å². The molecule has 6 heteroatoms. The first kappa shape index (κ1) is 17.8. The van der Waals surface area contributed by atoms with Crippen LogP contribution in [0.2, 0.25) is 0 Å². The third-order valence-corrected chi connectivity index (χ3v) is 4.55. The van der Waals surface area contributed by atoms with Gasteiger partial charge in [-0.05, 0) is 24.7 Å². The predicted octanol–water partition coefficient (Wildman–Crippen LogP) is 2.12. The van der Waals surface area contributed by atoms with E-state index >= 15 is 0 Å². The summed E-state index contributed by atoms with van der Waals surface area (Å²) in [5, 5.41) is 2.77. The van der Waals surface area contributed by atoms with Crippen LogP contribution in [0.4, 0.5) is 4.79 Å². The molecule has 1 saturated carbocycles. The molecule has 2 rings (SSSR count). The highest BCUT2D eigenvalue weighted by Crippen LogP contribution is 2.28. The maximum absolute atomic E-state index is 12.8. The Balaban J connectivity index is 2.00. The summed E-state index contributed by atoms with van der Waals surface area (Å²) in [6.07, 6.45) is 5.09. The lowest BCUT2D eigenvalue weighted by Gasteiger charge is -2.32. The van der Waals surface area contributed by atoms with E-state index in [4.69, 9.17) is 4.74 Å². The minimum Gasteiger partial charge on any atom is -0.449 e. The number of carbonyl (C=O) groups is 3. The maximum Gasteiger partial charge on any atom is 0.407 e. The third kappa shape index (κ3) is 5.22. The molecule has 0 aromatic heterocycles. The number of hydrogen-bond donors (Lipinski definition) is 1. The molecule has 0 aromatic carbocycles. The van der Waals surface area contributed by atoms with E-state index in [0.717, 1.165) is 25.7 Å². The van der Waals surface area contributed by atoms with E-state index in [1.807, 2.05) is 13.8 Å². The number of Topliss-reactive ketones (excluding diaryl/α,β-unsaturated/α-hetero) is 1. The number of rotatable bonds is 5. The van der Waals surface area contributed by atoms with Crippen LogP contribution in [-0.2, 0) is 14.3 Å². The van der Waals surface area contributed by atoms with Crippen LogP contribution in [-0.4, -0.2) is 48.4 Å². The Bertz CT molecular complexity index is 444. The first-order valence-electron chi connectivity index (χ1n) is 8.71. The van der Waals surface area contributed by atoms with Gasteiger partial charge < -0.3 is 15.0 Å². The van der Waals surface area contributed by atoms with Crippen LogP contribution in [0.5, 0.6) is 0 Å². The normalized spacial score (nSPS) is 20.7. The summed E-state index contributed by atoms with van der Waals surface area (Å²) in [4.78, 5) is 37.8. The molecule has 2 aliphatic rings. The van der Waals surface area contributed by atoms with Crippen LogP contribution in [0.25, 0.3) is 0 Å². The zero-order valence-corrected chi connectivity index (χ0v) is 14.2. The molecule has 0 unspecified atom stereocenters. The number of nitrogens with one attached hydrogen (secondary N) is 1. The van der Waals surface area contributed by atoms with Crippen molar-refractivity contribution in [1.82, 2.24) is 10.2 Å². The number of ketones is 1. The highest BCUT2D eigenvalue weighted by molar-refractivity contribution is 5.92. The first-order valence-corrected chi connectivity index (χ1v) is 8.71. The number of nitrogens with zero attached hydrogens (tertiary/aromatic N) is 1. The largest absolute Gasteiger partial charge is 0.449 e. The summed E-state index contributed by atoms with van der Waals surface area (Å²) in [5.41, 5.74) is 0. The molecule has 6 nitrogen and oxygen atoms in total. The Morgan fingerprint density at radius 3 is 2.52 bits per heavy atom. The van der Waals surface area contributed by atoms with Crippen molar-refractivity contribution in [3.8, 4) is 0 Å². The van der Waals surface area contributed by atoms with Crippen molar-refractivity contribution in [2.75, 3.05) is 19.7 Å². The van der Waals surface area contributed by atoms with Gasteiger partial charge in [0.05, 0.1) is 13.2 Å². The average molecular weight is 324 g/mol. The zero-order valence-electron chi connectivity index (χ0n) is 14.2. The lowest BCUT2D eigenvalue weighted by Crippen LogP contribution is -2.52. The van der Waals surface area contributed by atoms with Crippen molar-refractivity contribution in [2.24, 2.45) is 11.8 Å². The average Bonchev–Trinajstić information content (AvgIpc) is 2.97. The van der Waals surface area contributed by atoms with Gasteiger partial charge in [-0.1, -0.05) is 33.1 Å². The van der Waals surface area contributed by atoms with Crippen LogP contribution < -0.4 is 5.32 Å². The van der Waals surface area contributed by atoms with Crippen molar-refractivity contribution < 1.29 is 19.1 Å². The lowest BCUT2D eigenvalue weighted by atomic mass is 9.83. The molecule has 0 radical (unpaired) electrons. The molecule has 1 aliphatic carbocycles. The van der Waals surface area contributed by atoms with Crippen molar-refractivity contribution in [1.29, 1.82) is 0 Å². The SMILES string of the molecule is CC(C)COC(=O)N[C@H](C(=O)N1CCC(=O)C1)C1CCCCC1. The van der Waals surface area contributed by atoms with Crippen molar-refractivity contribution in [3.05, 3.63) is 0 Å². The number of alkyl carbamates (subject to hydrolysis) is 1. The van der Waals surface area contributed by atoms with Crippen LogP contribution in [0.15, 0.2) is 0 Å². The van der Waals surface area contributed by atoms with Gasteiger partial charge in [-0.25, -0.2) is 4.79 Å². The van der Waals surface area contributed by atoms with E-state index in [1.165, 1.54) is 6.42 Å². The Kier molecular flexibility index (Phi) is 6.42. The fourth-order valence-corrected chi connectivity index (χ4v) is 3.28. The molecular formula is C17H28N2O4. The number of amides is 2. The predicted molar refractivity (Wildman–Crippen MR) is 85.9 cm³/mol. The Morgan fingerprint density at radius 1 is 1.26 bits per heavy atom. The summed E-state index contributed by atoms with van der Waals surface area (Å²) < 4.78 is 5.17. The minimum atomic E-state index is -0.569. The summed E-state index contributed by atoms with van der Waals surface area (Å²) in [5.74, 6) is 0.340. The lowest BCUT2D eigenvalue weighted by molar-refractivity contribution is -0.135. The van der Waals surface area contributed by atoms with Gasteiger partial charge in [0.1, 0.15) is 6.04 Å². The maximum atomic E-state index is 12.8. The molecule has 1 atom stereocenters. The van der Waals surface area contributed by atoms with E-state index in [9.17, 15) is 14.4 Å². The van der Waals surface area contributed by atoms with Gasteiger partial charge in [0.25, 0.3) is 0 Å². The van der Waals surface area contributed by atoms with E-state index in [0.29, 0.717) is 19.6 Å². The highest BCUT2D eigenvalue weighted by atomic mass is 16.5. The van der Waals surface area contributed by atoms with Gasteiger partial charge >= 0.3 is 6.09 Å². The number of likely N-dealkylation sites (tertiary alicyclic amines) is 1. The van der Waals surface area contributed by atoms with Gasteiger partial charge in [0, 0.05) is 13.0 Å². The van der Waals surface area contributed by atoms with Crippen LogP contribution in [0.1, 0.15) is 52.4 Å². The molecule has 130 valence electrons. The molecule has 0 bridgehead atoms. The smallest absolute Gasteiger partial charge is 0.407 e. The standard InChI is InChI=1S/C17H28N2O4/c1-12(2)11-23-17(22)18-15(13-6-4-3-5-7-13)16(21)19-9-8-14(20)10-19/h12-13,15H,3-11H2,1-2H3,(H,18,22)/t15-/m0/s1. The molecule has 1 heterocycles. The van der Waals surface area contributed by atoms with Gasteiger partial charge in [-0.3, -0.25) is 9.59 Å². The van der Waals surface area contributed by atoms with E-state index in [-0.39, 0.29) is 30.1 Å². The van der Waals surface area contributed by atoms with Crippen molar-refractivity contribution in [3.63, 3.8) is 0 Å². The van der Waals surface area contributed by atoms with Gasteiger partial charge in [-0.15, -0.1) is 0 Å². The van der Waals surface area contributed by atoms with E-state index in [2.05, 4.69) is 5.32 Å². The fraction of sp³-hybridized carbons (Fsp3) is 0.824. The molecular weight excluding hydrogens is 296 g/mol. The second-order valence-electron chi connectivity index (χ2n) is 7.06. The van der Waals surface area contributed by atoms with Crippen molar-refractivity contribution in [2.45, 2.75) is 58.4 Å². The van der Waals surface area contributed by atoms with E-state index < -0.39 is 12.1 Å². The molecule has 1 saturated heterocycles. The number of hydrogen-bond acceptors (Lipinski definition) is 4. The molecule has 2 fully saturated rings. The quantitative estimate of drug-likeness (QED) is 0.840. The second-order valence-corrected chi connectivity index (χ2v) is 7.06. The van der Waals surface area contributed by atoms with Gasteiger partial charge in [-0.2, -0.15) is 0 Å². The summed E-state index contributed by atoms with van der Waals surface area (Å²) in [6, 6.07) is -0.569. The highest BCUT2D eigenvalue weighted by Gasteiger charge is 2.36. The first-order chi connectivity index (χ1) is 11.0. The summed E-state index contributed by atoms with van der Waals surface area (Å²) in [6.45, 7) is 4.90. The Hall–Kier alpha value is -1.59. The fourth-order valence-electron chi connectivity index (χ4n) is 3.28. The minimum absolute atomic E-state index is 0.0862. The van der Waals surface area contributed by atoms with E-state index in [1.54, 1.807) is 4.90 Å². The molecule has 23 heavy (non-hydrogen) atoms. The molecule has 2 amide bonds. The van der Waals surface area contributed by atoms with Crippen LogP contribution >= 0.6 is 0 Å². The van der Waals surface area contributed by atoms with Crippen LogP contribution in [0, 0.1) is 11.8 Å². The summed E-state index contributed by atoms with van der Waals surface area (Å²) >= 11 is 0. The number of ether oxygens (including phenoxy) is 1. The molecule has 1 aliphatic heterocycles. The summed E-state index contributed by atoms with van der Waals surface area (Å²) in [7, 11) is 0. The topological polar surface area (TPSA) is 75.7 Å². The Morgan fingerprint density at radius 2 is 1.96 bits per heavy atom. The monoisotopic (exact) mass is 324 g/mol. The number of carbonyl (C=O) groups excluding carboxylic acids is 3. The van der Waals surface area contributed by atoms with Crippen LogP contribution in [0.3, 0.4) is 0 Å². The third-order valence-electron chi connectivity index (χ3n) is 4.55. The Labute approximate surface area is 137 Å². The van der Waals surface area contributed by atoms with Gasteiger partial charge in [0.2, 0.25) is 5.91 Å². The zero-order chi connectivity index (χ0) is 16.8. The molecule has 1 N–H and O–H groups in total. The van der Waals surface area contributed by atoms with Gasteiger partial charge in [0.15, 0.2) is 5.78 Å².